The maximum absolute atomic E-state index is 12.8. The molecule has 1 unspecified atom stereocenters. The molecule has 1 aliphatic rings. The fraction of sp³-hybridized carbons (Fsp3) is 0.500. The molecule has 0 spiro atoms. The van der Waals surface area contributed by atoms with Gasteiger partial charge in [0.05, 0.1) is 27.8 Å². The Labute approximate surface area is 171 Å². The summed E-state index contributed by atoms with van der Waals surface area (Å²) in [6, 6.07) is 5.15. The summed E-state index contributed by atoms with van der Waals surface area (Å²) in [5.74, 6) is -0.197. The fourth-order valence-electron chi connectivity index (χ4n) is 3.62. The van der Waals surface area contributed by atoms with Crippen molar-refractivity contribution in [1.82, 2.24) is 10.3 Å². The second-order valence-corrected chi connectivity index (χ2v) is 8.15. The van der Waals surface area contributed by atoms with Crippen LogP contribution in [0.3, 0.4) is 0 Å². The standard InChI is InChI=1S/C22H28ClN3O2/c1-4-5-7-14(2)21(15(3)27)25-22(28)17-10-16-11-18(23)20(26-8-6-9-26)12-19(16)24-13-17/h10-14,21H,4-9H2,1-3H3,(H,25,28)/t14?,21-/m0/s1. The number of unbranched alkanes of at least 4 members (excludes halogenated alkanes) is 1. The molecule has 1 amide bonds. The van der Waals surface area contributed by atoms with Crippen molar-refractivity contribution in [3.63, 3.8) is 0 Å². The van der Waals surface area contributed by atoms with Gasteiger partial charge in [-0.15, -0.1) is 0 Å². The summed E-state index contributed by atoms with van der Waals surface area (Å²) in [6.45, 7) is 7.68. The first-order valence-electron chi connectivity index (χ1n) is 10.1. The number of carbonyl (C=O) groups is 2. The first-order chi connectivity index (χ1) is 13.4. The van der Waals surface area contributed by atoms with Gasteiger partial charge >= 0.3 is 0 Å². The van der Waals surface area contributed by atoms with Crippen molar-refractivity contribution >= 4 is 39.9 Å². The van der Waals surface area contributed by atoms with E-state index in [0.29, 0.717) is 10.6 Å². The molecule has 1 aromatic heterocycles. The molecular weight excluding hydrogens is 374 g/mol. The molecule has 0 aliphatic carbocycles. The average molecular weight is 402 g/mol. The maximum Gasteiger partial charge on any atom is 0.253 e. The monoisotopic (exact) mass is 401 g/mol. The lowest BCUT2D eigenvalue weighted by Crippen LogP contribution is -2.44. The van der Waals surface area contributed by atoms with Gasteiger partial charge in [0.15, 0.2) is 5.78 Å². The van der Waals surface area contributed by atoms with Gasteiger partial charge in [0.1, 0.15) is 0 Å². The van der Waals surface area contributed by atoms with Crippen molar-refractivity contribution < 1.29 is 9.59 Å². The maximum atomic E-state index is 12.8. The summed E-state index contributed by atoms with van der Waals surface area (Å²) in [6.07, 6.45) is 5.76. The number of nitrogens with one attached hydrogen (secondary N) is 1. The molecule has 28 heavy (non-hydrogen) atoms. The van der Waals surface area contributed by atoms with E-state index in [1.54, 1.807) is 12.3 Å². The lowest BCUT2D eigenvalue weighted by molar-refractivity contribution is -0.119. The van der Waals surface area contributed by atoms with Crippen LogP contribution in [0.15, 0.2) is 24.4 Å². The quantitative estimate of drug-likeness (QED) is 0.701. The third-order valence-corrected chi connectivity index (χ3v) is 5.82. The number of Topliss-reactive ketones (excluding diaryl/α,β-unsaturated/α-hetero) is 1. The van der Waals surface area contributed by atoms with Gasteiger partial charge in [0.25, 0.3) is 5.91 Å². The molecule has 2 heterocycles. The Kier molecular flexibility index (Phi) is 6.55. The molecule has 1 fully saturated rings. The minimum atomic E-state index is -0.480. The number of benzene rings is 1. The van der Waals surface area contributed by atoms with Crippen molar-refractivity contribution in [3.05, 3.63) is 35.0 Å². The van der Waals surface area contributed by atoms with Crippen molar-refractivity contribution in [1.29, 1.82) is 0 Å². The highest BCUT2D eigenvalue weighted by atomic mass is 35.5. The molecule has 1 aliphatic heterocycles. The van der Waals surface area contributed by atoms with Gasteiger partial charge in [0.2, 0.25) is 0 Å². The number of amides is 1. The fourth-order valence-corrected chi connectivity index (χ4v) is 3.91. The van der Waals surface area contributed by atoms with Crippen molar-refractivity contribution in [2.75, 3.05) is 18.0 Å². The summed E-state index contributed by atoms with van der Waals surface area (Å²) in [7, 11) is 0. The first kappa shape index (κ1) is 20.6. The zero-order valence-corrected chi connectivity index (χ0v) is 17.6. The number of carbonyl (C=O) groups excluding carboxylic acids is 2. The molecule has 2 aromatic rings. The van der Waals surface area contributed by atoms with E-state index in [1.165, 1.54) is 13.3 Å². The first-order valence-corrected chi connectivity index (χ1v) is 10.4. The smallest absolute Gasteiger partial charge is 0.253 e. The van der Waals surface area contributed by atoms with Gasteiger partial charge in [-0.1, -0.05) is 38.3 Å². The lowest BCUT2D eigenvalue weighted by Gasteiger charge is -2.34. The number of pyridine rings is 1. The van der Waals surface area contributed by atoms with Crippen LogP contribution in [0.2, 0.25) is 5.02 Å². The highest BCUT2D eigenvalue weighted by Gasteiger charge is 2.24. The topological polar surface area (TPSA) is 62.3 Å². The van der Waals surface area contributed by atoms with Crippen LogP contribution in [0.4, 0.5) is 5.69 Å². The van der Waals surface area contributed by atoms with E-state index in [-0.39, 0.29) is 17.6 Å². The van der Waals surface area contributed by atoms with E-state index in [0.717, 1.165) is 48.9 Å². The summed E-state index contributed by atoms with van der Waals surface area (Å²) < 4.78 is 0. The van der Waals surface area contributed by atoms with Crippen molar-refractivity contribution in [3.8, 4) is 0 Å². The number of halogens is 1. The predicted molar refractivity (Wildman–Crippen MR) is 114 cm³/mol. The summed E-state index contributed by atoms with van der Waals surface area (Å²) in [5.41, 5.74) is 2.24. The van der Waals surface area contributed by atoms with Crippen molar-refractivity contribution in [2.24, 2.45) is 5.92 Å². The van der Waals surface area contributed by atoms with E-state index >= 15 is 0 Å². The molecule has 1 N–H and O–H groups in total. The minimum Gasteiger partial charge on any atom is -0.370 e. The summed E-state index contributed by atoms with van der Waals surface area (Å²) in [5, 5.41) is 4.39. The van der Waals surface area contributed by atoms with E-state index in [9.17, 15) is 9.59 Å². The molecule has 2 atom stereocenters. The third kappa shape index (κ3) is 4.46. The number of aromatic nitrogens is 1. The largest absolute Gasteiger partial charge is 0.370 e. The van der Waals surface area contributed by atoms with Gasteiger partial charge < -0.3 is 10.2 Å². The van der Waals surface area contributed by atoms with Crippen LogP contribution in [0.1, 0.15) is 56.8 Å². The van der Waals surface area contributed by atoms with Crippen LogP contribution < -0.4 is 10.2 Å². The second kappa shape index (κ2) is 8.91. The zero-order valence-electron chi connectivity index (χ0n) is 16.8. The molecule has 0 bridgehead atoms. The Hall–Kier alpha value is -2.14. The van der Waals surface area contributed by atoms with E-state index < -0.39 is 6.04 Å². The Bertz CT molecular complexity index is 879. The Morgan fingerprint density at radius 1 is 1.29 bits per heavy atom. The SMILES string of the molecule is CCCCC(C)[C@H](NC(=O)c1cnc2cc(N3CCC3)c(Cl)cc2c1)C(C)=O. The molecule has 5 nitrogen and oxygen atoms in total. The Morgan fingerprint density at radius 3 is 2.64 bits per heavy atom. The molecule has 1 aromatic carbocycles. The molecule has 3 rings (SSSR count). The zero-order chi connectivity index (χ0) is 20.3. The second-order valence-electron chi connectivity index (χ2n) is 7.74. The van der Waals surface area contributed by atoms with Gasteiger partial charge in [-0.05, 0) is 43.9 Å². The lowest BCUT2D eigenvalue weighted by atomic mass is 9.93. The number of anilines is 1. The molecule has 0 saturated carbocycles. The molecule has 0 radical (unpaired) electrons. The van der Waals surface area contributed by atoms with Gasteiger partial charge in [-0.3, -0.25) is 14.6 Å². The molecule has 150 valence electrons. The minimum absolute atomic E-state index is 0.0204. The number of hydrogen-bond acceptors (Lipinski definition) is 4. The number of hydrogen-bond donors (Lipinski definition) is 1. The average Bonchev–Trinajstić information content (AvgIpc) is 2.62. The van der Waals surface area contributed by atoms with Gasteiger partial charge in [0, 0.05) is 24.7 Å². The Balaban J connectivity index is 1.79. The van der Waals surface area contributed by atoms with Crippen LogP contribution in [-0.4, -0.2) is 35.8 Å². The van der Waals surface area contributed by atoms with E-state index in [4.69, 9.17) is 11.6 Å². The molecule has 1 saturated heterocycles. The highest BCUT2D eigenvalue weighted by Crippen LogP contribution is 2.33. The van der Waals surface area contributed by atoms with Crippen LogP contribution >= 0.6 is 11.6 Å². The number of ketones is 1. The normalized spacial score (nSPS) is 15.8. The van der Waals surface area contributed by atoms with E-state index in [1.807, 2.05) is 19.1 Å². The molecular formula is C22H28ClN3O2. The van der Waals surface area contributed by atoms with Crippen LogP contribution in [0.5, 0.6) is 0 Å². The van der Waals surface area contributed by atoms with E-state index in [2.05, 4.69) is 22.1 Å². The third-order valence-electron chi connectivity index (χ3n) is 5.52. The van der Waals surface area contributed by atoms with Gasteiger partial charge in [-0.25, -0.2) is 0 Å². The van der Waals surface area contributed by atoms with Crippen LogP contribution in [0, 0.1) is 5.92 Å². The van der Waals surface area contributed by atoms with Crippen LogP contribution in [-0.2, 0) is 4.79 Å². The van der Waals surface area contributed by atoms with Gasteiger partial charge in [-0.2, -0.15) is 0 Å². The highest BCUT2D eigenvalue weighted by molar-refractivity contribution is 6.34. The number of rotatable bonds is 8. The summed E-state index contributed by atoms with van der Waals surface area (Å²) in [4.78, 5) is 31.5. The Morgan fingerprint density at radius 2 is 2.04 bits per heavy atom. The predicted octanol–water partition coefficient (Wildman–Crippen LogP) is 4.61. The number of fused-ring (bicyclic) bond motifs is 1. The van der Waals surface area contributed by atoms with Crippen molar-refractivity contribution in [2.45, 2.75) is 52.5 Å². The van der Waals surface area contributed by atoms with Crippen LogP contribution in [0.25, 0.3) is 10.9 Å². The molecule has 6 heteroatoms. The number of nitrogens with zero attached hydrogens (tertiary/aromatic N) is 2. The summed E-state index contributed by atoms with van der Waals surface area (Å²) >= 11 is 6.44.